The van der Waals surface area contributed by atoms with Gasteiger partial charge in [0.1, 0.15) is 10.7 Å². The van der Waals surface area contributed by atoms with Crippen molar-refractivity contribution in [3.63, 3.8) is 0 Å². The fourth-order valence-corrected chi connectivity index (χ4v) is 2.82. The van der Waals surface area contributed by atoms with Crippen LogP contribution in [-0.2, 0) is 20.8 Å². The average Bonchev–Trinajstić information content (AvgIpc) is 2.26. The number of nitrogens with one attached hydrogen (secondary N) is 1. The largest absolute Gasteiger partial charge is 0.351 e. The Morgan fingerprint density at radius 3 is 2.60 bits per heavy atom. The van der Waals surface area contributed by atoms with Crippen LogP contribution >= 0.6 is 15.9 Å². The van der Waals surface area contributed by atoms with Crippen LogP contribution in [0.4, 0.5) is 4.39 Å². The topological polar surface area (TPSA) is 106 Å². The minimum absolute atomic E-state index is 0.0719. The molecule has 0 saturated carbocycles. The highest BCUT2D eigenvalue weighted by Gasteiger charge is 2.20. The van der Waals surface area contributed by atoms with Gasteiger partial charge in [0.05, 0.1) is 5.56 Å². The Bertz CT molecular complexity index is 663. The molecule has 6 nitrogen and oxygen atoms in total. The molecule has 0 heterocycles. The molecular formula is C10H12BrFN2O4S2. The summed E-state index contributed by atoms with van der Waals surface area (Å²) >= 11 is 2.97. The van der Waals surface area contributed by atoms with Crippen molar-refractivity contribution in [2.75, 3.05) is 18.6 Å². The predicted molar refractivity (Wildman–Crippen MR) is 76.7 cm³/mol. The van der Waals surface area contributed by atoms with Crippen molar-refractivity contribution >= 4 is 42.7 Å². The summed E-state index contributed by atoms with van der Waals surface area (Å²) in [7, 11) is -5.33. The molecule has 1 aromatic rings. The zero-order chi connectivity index (χ0) is 15.5. The fraction of sp³-hybridized carbons (Fsp3) is 0.300. The first-order valence-corrected chi connectivity index (χ1v) is 9.29. The van der Waals surface area contributed by atoms with E-state index < -0.39 is 37.4 Å². The molecule has 1 unspecified atom stereocenters. The van der Waals surface area contributed by atoms with Gasteiger partial charge in [-0.05, 0) is 28.1 Å². The van der Waals surface area contributed by atoms with Crippen LogP contribution in [0.5, 0.6) is 0 Å². The summed E-state index contributed by atoms with van der Waals surface area (Å²) in [5.74, 6) is -1.41. The van der Waals surface area contributed by atoms with Crippen LogP contribution in [0, 0.1) is 5.82 Å². The summed E-state index contributed by atoms with van der Waals surface area (Å²) in [5, 5.41) is 7.31. The molecule has 0 aliphatic heterocycles. The molecule has 112 valence electrons. The van der Waals surface area contributed by atoms with E-state index in [1.807, 2.05) is 0 Å². The first-order valence-electron chi connectivity index (χ1n) is 5.23. The Balaban J connectivity index is 3.06. The van der Waals surface area contributed by atoms with Gasteiger partial charge in [-0.3, -0.25) is 9.00 Å². The van der Waals surface area contributed by atoms with Crippen molar-refractivity contribution in [2.45, 2.75) is 4.90 Å². The maximum absolute atomic E-state index is 13.5. The Morgan fingerprint density at radius 2 is 2.10 bits per heavy atom. The van der Waals surface area contributed by atoms with Gasteiger partial charge in [-0.25, -0.2) is 17.9 Å². The first-order chi connectivity index (χ1) is 9.12. The molecule has 0 radical (unpaired) electrons. The van der Waals surface area contributed by atoms with Gasteiger partial charge in [0, 0.05) is 33.8 Å². The summed E-state index contributed by atoms with van der Waals surface area (Å²) in [6.07, 6.45) is 1.49. The molecule has 1 amide bonds. The lowest BCUT2D eigenvalue weighted by molar-refractivity contribution is 0.0955. The van der Waals surface area contributed by atoms with Gasteiger partial charge in [-0.1, -0.05) is 0 Å². The zero-order valence-electron chi connectivity index (χ0n) is 10.4. The number of sulfonamides is 1. The molecule has 0 aromatic heterocycles. The Hall–Kier alpha value is -0.840. The maximum atomic E-state index is 13.5. The van der Waals surface area contributed by atoms with Crippen molar-refractivity contribution in [3.8, 4) is 0 Å². The summed E-state index contributed by atoms with van der Waals surface area (Å²) < 4.78 is 46.8. The SMILES string of the molecule is CS(=O)CCNC(=O)c1cc(S(N)(=O)=O)c(F)cc1Br. The van der Waals surface area contributed by atoms with Crippen LogP contribution < -0.4 is 10.5 Å². The lowest BCUT2D eigenvalue weighted by Crippen LogP contribution is -2.28. The maximum Gasteiger partial charge on any atom is 0.252 e. The van der Waals surface area contributed by atoms with Gasteiger partial charge in [-0.2, -0.15) is 0 Å². The number of rotatable bonds is 5. The van der Waals surface area contributed by atoms with Crippen molar-refractivity contribution < 1.29 is 21.8 Å². The number of carbonyl (C=O) groups is 1. The second kappa shape index (κ2) is 6.74. The molecule has 1 aromatic carbocycles. The van der Waals surface area contributed by atoms with Gasteiger partial charge in [0.25, 0.3) is 5.91 Å². The number of hydrogen-bond donors (Lipinski definition) is 2. The third kappa shape index (κ3) is 4.62. The molecule has 0 spiro atoms. The van der Waals surface area contributed by atoms with E-state index in [9.17, 15) is 21.8 Å². The fourth-order valence-electron chi connectivity index (χ4n) is 1.32. The van der Waals surface area contributed by atoms with Crippen molar-refractivity contribution in [1.82, 2.24) is 5.32 Å². The van der Waals surface area contributed by atoms with Gasteiger partial charge in [0.15, 0.2) is 0 Å². The number of benzene rings is 1. The van der Waals surface area contributed by atoms with E-state index in [1.54, 1.807) is 0 Å². The van der Waals surface area contributed by atoms with Crippen LogP contribution in [0.15, 0.2) is 21.5 Å². The average molecular weight is 387 g/mol. The summed E-state index contributed by atoms with van der Waals surface area (Å²) in [6.45, 7) is 0.149. The predicted octanol–water partition coefficient (Wildman–Crippen LogP) is 0.344. The Kier molecular flexibility index (Phi) is 5.80. The van der Waals surface area contributed by atoms with E-state index in [2.05, 4.69) is 21.2 Å². The second-order valence-electron chi connectivity index (χ2n) is 3.84. The van der Waals surface area contributed by atoms with E-state index in [1.165, 1.54) is 6.26 Å². The van der Waals surface area contributed by atoms with Crippen LogP contribution in [0.3, 0.4) is 0 Å². The van der Waals surface area contributed by atoms with E-state index in [0.717, 1.165) is 12.1 Å². The van der Waals surface area contributed by atoms with Crippen molar-refractivity contribution in [3.05, 3.63) is 28.0 Å². The highest BCUT2D eigenvalue weighted by Crippen LogP contribution is 2.23. The third-order valence-electron chi connectivity index (χ3n) is 2.25. The highest BCUT2D eigenvalue weighted by atomic mass is 79.9. The molecule has 3 N–H and O–H groups in total. The van der Waals surface area contributed by atoms with Crippen molar-refractivity contribution in [1.29, 1.82) is 0 Å². The molecule has 0 aliphatic rings. The van der Waals surface area contributed by atoms with Crippen LogP contribution in [0.1, 0.15) is 10.4 Å². The highest BCUT2D eigenvalue weighted by molar-refractivity contribution is 9.10. The molecule has 20 heavy (non-hydrogen) atoms. The zero-order valence-corrected chi connectivity index (χ0v) is 13.6. The number of carbonyl (C=O) groups excluding carboxylic acids is 1. The number of nitrogens with two attached hydrogens (primary N) is 1. The van der Waals surface area contributed by atoms with Gasteiger partial charge < -0.3 is 5.32 Å². The van der Waals surface area contributed by atoms with E-state index in [4.69, 9.17) is 5.14 Å². The van der Waals surface area contributed by atoms with Crippen LogP contribution in [0.25, 0.3) is 0 Å². The van der Waals surface area contributed by atoms with E-state index >= 15 is 0 Å². The van der Waals surface area contributed by atoms with Gasteiger partial charge in [0.2, 0.25) is 10.0 Å². The molecule has 0 bridgehead atoms. The Labute approximate surface area is 126 Å². The van der Waals surface area contributed by atoms with E-state index in [-0.39, 0.29) is 22.3 Å². The minimum Gasteiger partial charge on any atom is -0.351 e. The normalized spacial score (nSPS) is 13.0. The van der Waals surface area contributed by atoms with Crippen LogP contribution in [-0.4, -0.2) is 37.1 Å². The van der Waals surface area contributed by atoms with Crippen LogP contribution in [0.2, 0.25) is 0 Å². The molecule has 1 atom stereocenters. The van der Waals surface area contributed by atoms with Gasteiger partial charge in [-0.15, -0.1) is 0 Å². The molecule has 10 heteroatoms. The lowest BCUT2D eigenvalue weighted by Gasteiger charge is -2.08. The number of primary sulfonamides is 1. The van der Waals surface area contributed by atoms with E-state index in [0.29, 0.717) is 0 Å². The lowest BCUT2D eigenvalue weighted by atomic mass is 10.2. The number of hydrogen-bond acceptors (Lipinski definition) is 4. The third-order valence-corrected chi connectivity index (χ3v) is 4.61. The quantitative estimate of drug-likeness (QED) is 0.760. The molecule has 0 saturated heterocycles. The monoisotopic (exact) mass is 386 g/mol. The number of halogens is 2. The standard InChI is InChI=1S/C10H12BrFN2O4S2/c1-19(16)3-2-14-10(15)6-4-9(20(13,17)18)8(12)5-7(6)11/h4-5H,2-3H2,1H3,(H,14,15)(H2,13,17,18). The summed E-state index contributed by atoms with van der Waals surface area (Å²) in [4.78, 5) is 11.1. The second-order valence-corrected chi connectivity index (χ2v) is 7.78. The number of amides is 1. The first kappa shape index (κ1) is 17.2. The minimum atomic E-state index is -4.26. The molecule has 0 fully saturated rings. The van der Waals surface area contributed by atoms with Crippen molar-refractivity contribution in [2.24, 2.45) is 5.14 Å². The summed E-state index contributed by atoms with van der Waals surface area (Å²) in [6, 6.07) is 1.71. The smallest absolute Gasteiger partial charge is 0.252 e. The van der Waals surface area contributed by atoms with Gasteiger partial charge >= 0.3 is 0 Å². The summed E-state index contributed by atoms with van der Waals surface area (Å²) in [5.41, 5.74) is -0.0719. The molecule has 1 rings (SSSR count). The molecule has 0 aliphatic carbocycles. The Morgan fingerprint density at radius 1 is 1.50 bits per heavy atom. The molecular weight excluding hydrogens is 375 g/mol.